The first kappa shape index (κ1) is 16.5. The van der Waals surface area contributed by atoms with Gasteiger partial charge in [0.1, 0.15) is 0 Å². The minimum Gasteiger partial charge on any atom is -0.305 e. The molecular formula is C19H32N2. The zero-order valence-electron chi connectivity index (χ0n) is 14.2. The maximum absolute atomic E-state index is 3.84. The van der Waals surface area contributed by atoms with Gasteiger partial charge in [-0.3, -0.25) is 4.90 Å². The van der Waals surface area contributed by atoms with Crippen LogP contribution in [-0.2, 0) is 5.54 Å². The van der Waals surface area contributed by atoms with E-state index in [1.807, 2.05) is 0 Å². The van der Waals surface area contributed by atoms with Gasteiger partial charge >= 0.3 is 0 Å². The monoisotopic (exact) mass is 288 g/mol. The van der Waals surface area contributed by atoms with E-state index in [1.165, 1.54) is 31.2 Å². The summed E-state index contributed by atoms with van der Waals surface area (Å²) in [4.78, 5) is 2.78. The van der Waals surface area contributed by atoms with Crippen molar-refractivity contribution in [1.29, 1.82) is 0 Å². The Balaban J connectivity index is 2.22. The highest BCUT2D eigenvalue weighted by molar-refractivity contribution is 5.25. The van der Waals surface area contributed by atoms with Crippen LogP contribution in [0.4, 0.5) is 0 Å². The molecule has 0 saturated carbocycles. The molecule has 2 heteroatoms. The first-order valence-corrected chi connectivity index (χ1v) is 8.70. The highest BCUT2D eigenvalue weighted by Gasteiger charge is 2.38. The van der Waals surface area contributed by atoms with Gasteiger partial charge in [-0.05, 0) is 31.7 Å². The Morgan fingerprint density at radius 3 is 2.43 bits per heavy atom. The molecule has 0 aliphatic carbocycles. The maximum atomic E-state index is 3.84. The number of nitrogens with one attached hydrogen (secondary N) is 1. The van der Waals surface area contributed by atoms with E-state index < -0.39 is 0 Å². The van der Waals surface area contributed by atoms with Crippen LogP contribution in [0.15, 0.2) is 30.3 Å². The number of hydrogen-bond donors (Lipinski definition) is 1. The number of nitrogens with zero attached hydrogens (tertiary/aromatic N) is 1. The Labute approximate surface area is 130 Å². The van der Waals surface area contributed by atoms with E-state index in [2.05, 4.69) is 68.2 Å². The van der Waals surface area contributed by atoms with Crippen LogP contribution in [0.1, 0.15) is 58.9 Å². The van der Waals surface area contributed by atoms with Crippen molar-refractivity contribution >= 4 is 0 Å². The molecule has 2 atom stereocenters. The van der Waals surface area contributed by atoms with E-state index in [4.69, 9.17) is 0 Å². The molecule has 1 saturated heterocycles. The van der Waals surface area contributed by atoms with Gasteiger partial charge in [0.2, 0.25) is 0 Å². The highest BCUT2D eigenvalue weighted by Crippen LogP contribution is 2.30. The van der Waals surface area contributed by atoms with Gasteiger partial charge in [-0.2, -0.15) is 0 Å². The van der Waals surface area contributed by atoms with E-state index in [-0.39, 0.29) is 5.54 Å². The molecule has 1 aromatic carbocycles. The second-order valence-electron chi connectivity index (χ2n) is 6.66. The molecule has 1 aliphatic heterocycles. The van der Waals surface area contributed by atoms with Crippen molar-refractivity contribution in [2.75, 3.05) is 13.1 Å². The molecule has 21 heavy (non-hydrogen) atoms. The lowest BCUT2D eigenvalue weighted by atomic mass is 9.86. The van der Waals surface area contributed by atoms with Crippen LogP contribution in [0.3, 0.4) is 0 Å². The summed E-state index contributed by atoms with van der Waals surface area (Å²) in [6.07, 6.45) is 5.07. The van der Waals surface area contributed by atoms with Crippen LogP contribution in [0.25, 0.3) is 0 Å². The van der Waals surface area contributed by atoms with Gasteiger partial charge in [0.25, 0.3) is 0 Å². The second-order valence-corrected chi connectivity index (χ2v) is 6.66. The lowest BCUT2D eigenvalue weighted by Crippen LogP contribution is -2.63. The summed E-state index contributed by atoms with van der Waals surface area (Å²) in [7, 11) is 0. The molecule has 1 fully saturated rings. The van der Waals surface area contributed by atoms with Crippen molar-refractivity contribution < 1.29 is 0 Å². The van der Waals surface area contributed by atoms with Gasteiger partial charge in [0.15, 0.2) is 0 Å². The fourth-order valence-corrected chi connectivity index (χ4v) is 3.80. The van der Waals surface area contributed by atoms with Crippen molar-refractivity contribution in [1.82, 2.24) is 10.2 Å². The Morgan fingerprint density at radius 1 is 1.19 bits per heavy atom. The normalized spacial score (nSPS) is 27.2. The average molecular weight is 288 g/mol. The average Bonchev–Trinajstić information content (AvgIpc) is 2.52. The molecule has 0 amide bonds. The van der Waals surface area contributed by atoms with Crippen molar-refractivity contribution in [2.45, 2.75) is 71.0 Å². The predicted molar refractivity (Wildman–Crippen MR) is 91.6 cm³/mol. The molecular weight excluding hydrogens is 256 g/mol. The lowest BCUT2D eigenvalue weighted by Gasteiger charge is -2.49. The van der Waals surface area contributed by atoms with Crippen molar-refractivity contribution in [3.05, 3.63) is 35.9 Å². The molecule has 0 spiro atoms. The van der Waals surface area contributed by atoms with E-state index in [0.717, 1.165) is 13.1 Å². The number of rotatable bonds is 6. The zero-order valence-corrected chi connectivity index (χ0v) is 14.2. The van der Waals surface area contributed by atoms with Gasteiger partial charge in [-0.1, -0.05) is 57.5 Å². The maximum Gasteiger partial charge on any atom is 0.0535 e. The smallest absolute Gasteiger partial charge is 0.0535 e. The third-order valence-corrected chi connectivity index (χ3v) is 5.14. The van der Waals surface area contributed by atoms with Crippen LogP contribution in [0, 0.1) is 0 Å². The Kier molecular flexibility index (Phi) is 5.83. The van der Waals surface area contributed by atoms with Gasteiger partial charge in [-0.15, -0.1) is 0 Å². The molecule has 0 aromatic heterocycles. The lowest BCUT2D eigenvalue weighted by molar-refractivity contribution is 0.0381. The van der Waals surface area contributed by atoms with Crippen molar-refractivity contribution in [2.24, 2.45) is 0 Å². The Morgan fingerprint density at radius 2 is 1.86 bits per heavy atom. The summed E-state index contributed by atoms with van der Waals surface area (Å²) in [5.41, 5.74) is 1.49. The summed E-state index contributed by atoms with van der Waals surface area (Å²) in [6, 6.07) is 12.3. The minimum absolute atomic E-state index is 0.0775. The fraction of sp³-hybridized carbons (Fsp3) is 0.684. The van der Waals surface area contributed by atoms with Crippen molar-refractivity contribution in [3.63, 3.8) is 0 Å². The van der Waals surface area contributed by atoms with Crippen LogP contribution in [-0.4, -0.2) is 30.1 Å². The summed E-state index contributed by atoms with van der Waals surface area (Å²) in [6.45, 7) is 11.6. The van der Waals surface area contributed by atoms with Crippen LogP contribution < -0.4 is 5.32 Å². The van der Waals surface area contributed by atoms with Gasteiger partial charge in [0, 0.05) is 25.2 Å². The summed E-state index contributed by atoms with van der Waals surface area (Å²) in [5.74, 6) is 0. The molecule has 2 rings (SSSR count). The first-order chi connectivity index (χ1) is 10.1. The topological polar surface area (TPSA) is 15.3 Å². The second kappa shape index (κ2) is 7.42. The van der Waals surface area contributed by atoms with Crippen LogP contribution in [0.5, 0.6) is 0 Å². The number of benzene rings is 1. The molecule has 1 heterocycles. The predicted octanol–water partition coefficient (Wildman–Crippen LogP) is 4.16. The van der Waals surface area contributed by atoms with Gasteiger partial charge in [-0.25, -0.2) is 0 Å². The van der Waals surface area contributed by atoms with E-state index in [9.17, 15) is 0 Å². The minimum atomic E-state index is 0.0775. The molecule has 118 valence electrons. The van der Waals surface area contributed by atoms with Gasteiger partial charge < -0.3 is 5.32 Å². The largest absolute Gasteiger partial charge is 0.305 e. The SMILES string of the molecule is CCCC1CNC(C)(c2ccccc2)CN1C(CC)CC. The molecule has 1 aromatic rings. The summed E-state index contributed by atoms with van der Waals surface area (Å²) in [5, 5.41) is 3.84. The molecule has 2 unspecified atom stereocenters. The van der Waals surface area contributed by atoms with Gasteiger partial charge in [0.05, 0.1) is 5.54 Å². The quantitative estimate of drug-likeness (QED) is 0.845. The number of hydrogen-bond acceptors (Lipinski definition) is 2. The standard InChI is InChI=1S/C19H32N2/c1-5-11-18-14-20-19(4,16-12-9-8-10-13-16)15-21(18)17(6-2)7-3/h8-10,12-13,17-18,20H,5-7,11,14-15H2,1-4H3. The Bertz CT molecular complexity index is 413. The summed E-state index contributed by atoms with van der Waals surface area (Å²) < 4.78 is 0. The molecule has 1 N–H and O–H groups in total. The summed E-state index contributed by atoms with van der Waals surface area (Å²) >= 11 is 0. The molecule has 0 bridgehead atoms. The van der Waals surface area contributed by atoms with E-state index in [0.29, 0.717) is 12.1 Å². The van der Waals surface area contributed by atoms with E-state index >= 15 is 0 Å². The Hall–Kier alpha value is -0.860. The van der Waals surface area contributed by atoms with Crippen LogP contribution >= 0.6 is 0 Å². The third kappa shape index (κ3) is 3.67. The molecule has 1 aliphatic rings. The van der Waals surface area contributed by atoms with E-state index in [1.54, 1.807) is 0 Å². The highest BCUT2D eigenvalue weighted by atomic mass is 15.3. The molecule has 0 radical (unpaired) electrons. The number of piperazine rings is 1. The van der Waals surface area contributed by atoms with Crippen LogP contribution in [0.2, 0.25) is 0 Å². The zero-order chi connectivity index (χ0) is 15.3. The van der Waals surface area contributed by atoms with Crippen molar-refractivity contribution in [3.8, 4) is 0 Å². The fourth-order valence-electron chi connectivity index (χ4n) is 3.80. The third-order valence-electron chi connectivity index (χ3n) is 5.14. The first-order valence-electron chi connectivity index (χ1n) is 8.70. The molecule has 2 nitrogen and oxygen atoms in total.